The SMILES string of the molecule is Cc1cc2c(c(=O)o1)C(c1cccc(F)c1F)C(C#N)=C(N)O2. The topological polar surface area (TPSA) is 89.2 Å². The number of ether oxygens (including phenoxy) is 1. The Balaban J connectivity index is 2.37. The van der Waals surface area contributed by atoms with E-state index in [1.54, 1.807) is 6.07 Å². The van der Waals surface area contributed by atoms with E-state index in [1.165, 1.54) is 25.1 Å². The van der Waals surface area contributed by atoms with Crippen molar-refractivity contribution in [3.05, 3.63) is 74.7 Å². The van der Waals surface area contributed by atoms with Crippen molar-refractivity contribution in [1.29, 1.82) is 5.26 Å². The Labute approximate surface area is 129 Å². The van der Waals surface area contributed by atoms with Crippen molar-refractivity contribution < 1.29 is 17.9 Å². The van der Waals surface area contributed by atoms with Crippen LogP contribution in [0, 0.1) is 29.9 Å². The van der Waals surface area contributed by atoms with Gasteiger partial charge in [0, 0.05) is 11.6 Å². The summed E-state index contributed by atoms with van der Waals surface area (Å²) in [5.41, 5.74) is 4.45. The fourth-order valence-electron chi connectivity index (χ4n) is 2.57. The molecule has 0 bridgehead atoms. The maximum Gasteiger partial charge on any atom is 0.343 e. The lowest BCUT2D eigenvalue weighted by molar-refractivity contribution is 0.369. The third-order valence-corrected chi connectivity index (χ3v) is 3.55. The Bertz CT molecular complexity index is 941. The van der Waals surface area contributed by atoms with Gasteiger partial charge in [0.15, 0.2) is 11.6 Å². The van der Waals surface area contributed by atoms with Gasteiger partial charge in [-0.25, -0.2) is 13.6 Å². The van der Waals surface area contributed by atoms with Gasteiger partial charge in [0.25, 0.3) is 0 Å². The highest BCUT2D eigenvalue weighted by molar-refractivity contribution is 5.54. The predicted octanol–water partition coefficient (Wildman–Crippen LogP) is 2.44. The lowest BCUT2D eigenvalue weighted by atomic mass is 9.84. The standard InChI is InChI=1S/C16H10F2N2O3/c1-7-5-11-13(16(21)22-7)12(9(6-19)15(20)23-11)8-3-2-4-10(17)14(8)18/h2-5,12H,20H2,1H3. The average molecular weight is 316 g/mol. The van der Waals surface area contributed by atoms with Gasteiger partial charge in [0.2, 0.25) is 5.88 Å². The van der Waals surface area contributed by atoms with E-state index in [-0.39, 0.29) is 34.1 Å². The van der Waals surface area contributed by atoms with E-state index >= 15 is 0 Å². The molecule has 2 heterocycles. The lowest BCUT2D eigenvalue weighted by Crippen LogP contribution is -2.27. The number of nitrogens with zero attached hydrogens (tertiary/aromatic N) is 1. The molecule has 0 saturated carbocycles. The molecule has 0 fully saturated rings. The molecule has 2 aromatic rings. The summed E-state index contributed by atoms with van der Waals surface area (Å²) in [6.45, 7) is 1.53. The van der Waals surface area contributed by atoms with Gasteiger partial charge in [-0.1, -0.05) is 12.1 Å². The van der Waals surface area contributed by atoms with Crippen LogP contribution in [0.1, 0.15) is 22.8 Å². The van der Waals surface area contributed by atoms with Crippen LogP contribution in [0.5, 0.6) is 5.75 Å². The van der Waals surface area contributed by atoms with E-state index in [1.807, 2.05) is 0 Å². The molecule has 1 aliphatic heterocycles. The van der Waals surface area contributed by atoms with E-state index < -0.39 is 23.2 Å². The fraction of sp³-hybridized carbons (Fsp3) is 0.125. The smallest absolute Gasteiger partial charge is 0.343 e. The normalized spacial score (nSPS) is 16.5. The molecule has 1 atom stereocenters. The summed E-state index contributed by atoms with van der Waals surface area (Å²) < 4.78 is 38.1. The number of hydrogen-bond donors (Lipinski definition) is 1. The molecule has 1 aromatic heterocycles. The summed E-state index contributed by atoms with van der Waals surface area (Å²) in [4.78, 5) is 12.2. The number of nitrogens with two attached hydrogens (primary N) is 1. The van der Waals surface area contributed by atoms with Gasteiger partial charge in [-0.2, -0.15) is 5.26 Å². The van der Waals surface area contributed by atoms with Crippen molar-refractivity contribution in [2.24, 2.45) is 5.73 Å². The number of rotatable bonds is 1. The number of fused-ring (bicyclic) bond motifs is 1. The minimum absolute atomic E-state index is 0.0592. The van der Waals surface area contributed by atoms with Crippen LogP contribution < -0.4 is 16.1 Å². The van der Waals surface area contributed by atoms with Crippen molar-refractivity contribution in [3.8, 4) is 11.8 Å². The molecule has 0 amide bonds. The second-order valence-corrected chi connectivity index (χ2v) is 4.99. The molecule has 23 heavy (non-hydrogen) atoms. The minimum Gasteiger partial charge on any atom is -0.440 e. The number of aryl methyl sites for hydroxylation is 1. The van der Waals surface area contributed by atoms with E-state index in [0.717, 1.165) is 6.07 Å². The van der Waals surface area contributed by atoms with E-state index in [4.69, 9.17) is 14.9 Å². The molecule has 7 heteroatoms. The predicted molar refractivity (Wildman–Crippen MR) is 75.4 cm³/mol. The number of halogens is 2. The number of nitriles is 1. The maximum absolute atomic E-state index is 14.2. The Morgan fingerprint density at radius 3 is 2.78 bits per heavy atom. The average Bonchev–Trinajstić information content (AvgIpc) is 2.48. The minimum atomic E-state index is -1.20. The molecule has 116 valence electrons. The first kappa shape index (κ1) is 14.8. The first-order valence-corrected chi connectivity index (χ1v) is 6.60. The molecule has 0 radical (unpaired) electrons. The van der Waals surface area contributed by atoms with E-state index in [0.29, 0.717) is 0 Å². The van der Waals surface area contributed by atoms with Gasteiger partial charge in [-0.15, -0.1) is 0 Å². The first-order valence-electron chi connectivity index (χ1n) is 6.60. The third kappa shape index (κ3) is 2.25. The zero-order chi connectivity index (χ0) is 16.7. The molecule has 1 aliphatic rings. The Kier molecular flexibility index (Phi) is 3.37. The lowest BCUT2D eigenvalue weighted by Gasteiger charge is -2.25. The van der Waals surface area contributed by atoms with Crippen molar-refractivity contribution in [2.75, 3.05) is 0 Å². The molecular formula is C16H10F2N2O3. The van der Waals surface area contributed by atoms with Crippen LogP contribution in [-0.2, 0) is 0 Å². The van der Waals surface area contributed by atoms with Crippen LogP contribution in [0.4, 0.5) is 8.78 Å². The van der Waals surface area contributed by atoms with Crippen LogP contribution in [0.15, 0.2) is 44.9 Å². The highest BCUT2D eigenvalue weighted by Gasteiger charge is 2.36. The molecule has 1 aromatic carbocycles. The second kappa shape index (κ2) is 5.25. The molecule has 0 spiro atoms. The third-order valence-electron chi connectivity index (χ3n) is 3.55. The van der Waals surface area contributed by atoms with E-state index in [2.05, 4.69) is 0 Å². The maximum atomic E-state index is 14.2. The van der Waals surface area contributed by atoms with Gasteiger partial charge in [-0.3, -0.25) is 0 Å². The van der Waals surface area contributed by atoms with Crippen LogP contribution in [0.25, 0.3) is 0 Å². The van der Waals surface area contributed by atoms with Gasteiger partial charge >= 0.3 is 5.63 Å². The van der Waals surface area contributed by atoms with Crippen molar-refractivity contribution >= 4 is 0 Å². The summed E-state index contributed by atoms with van der Waals surface area (Å²) in [6.07, 6.45) is 0. The summed E-state index contributed by atoms with van der Waals surface area (Å²) >= 11 is 0. The largest absolute Gasteiger partial charge is 0.440 e. The summed E-state index contributed by atoms with van der Waals surface area (Å²) in [7, 11) is 0. The molecule has 0 saturated heterocycles. The van der Waals surface area contributed by atoms with Gasteiger partial charge in [0.05, 0.1) is 11.5 Å². The van der Waals surface area contributed by atoms with Gasteiger partial charge in [-0.05, 0) is 13.0 Å². The van der Waals surface area contributed by atoms with Gasteiger partial charge in [0.1, 0.15) is 23.2 Å². The van der Waals surface area contributed by atoms with Crippen molar-refractivity contribution in [2.45, 2.75) is 12.8 Å². The number of allylic oxidation sites excluding steroid dienone is 1. The summed E-state index contributed by atoms with van der Waals surface area (Å²) in [5.74, 6) is -3.40. The van der Waals surface area contributed by atoms with Crippen LogP contribution in [0.2, 0.25) is 0 Å². The highest BCUT2D eigenvalue weighted by Crippen LogP contribution is 2.41. The van der Waals surface area contributed by atoms with E-state index in [9.17, 15) is 18.8 Å². The summed E-state index contributed by atoms with van der Waals surface area (Å²) in [6, 6.07) is 6.70. The van der Waals surface area contributed by atoms with Gasteiger partial charge < -0.3 is 14.9 Å². The number of hydrogen-bond acceptors (Lipinski definition) is 5. The fourth-order valence-corrected chi connectivity index (χ4v) is 2.57. The molecule has 0 aliphatic carbocycles. The monoisotopic (exact) mass is 316 g/mol. The molecule has 2 N–H and O–H groups in total. The Morgan fingerprint density at radius 2 is 2.09 bits per heavy atom. The van der Waals surface area contributed by atoms with Crippen LogP contribution >= 0.6 is 0 Å². The molecular weight excluding hydrogens is 306 g/mol. The molecule has 5 nitrogen and oxygen atoms in total. The number of benzene rings is 1. The second-order valence-electron chi connectivity index (χ2n) is 4.99. The molecule has 1 unspecified atom stereocenters. The zero-order valence-corrected chi connectivity index (χ0v) is 11.9. The molecule has 3 rings (SSSR count). The highest BCUT2D eigenvalue weighted by atomic mass is 19.2. The van der Waals surface area contributed by atoms with Crippen LogP contribution in [0.3, 0.4) is 0 Å². The first-order chi connectivity index (χ1) is 10.9. The van der Waals surface area contributed by atoms with Crippen molar-refractivity contribution in [3.63, 3.8) is 0 Å². The van der Waals surface area contributed by atoms with Crippen LogP contribution in [-0.4, -0.2) is 0 Å². The quantitative estimate of drug-likeness (QED) is 0.873. The Hall–Kier alpha value is -3.14. The van der Waals surface area contributed by atoms with Crippen molar-refractivity contribution in [1.82, 2.24) is 0 Å². The zero-order valence-electron chi connectivity index (χ0n) is 11.9. The summed E-state index contributed by atoms with van der Waals surface area (Å²) in [5, 5.41) is 9.31. The Morgan fingerprint density at radius 1 is 1.35 bits per heavy atom.